The third-order valence-corrected chi connectivity index (χ3v) is 3.22. The Morgan fingerprint density at radius 1 is 1.26 bits per heavy atom. The lowest BCUT2D eigenvalue weighted by molar-refractivity contribution is 0.0123. The van der Waals surface area contributed by atoms with Gasteiger partial charge in [-0.1, -0.05) is 36.4 Å². The Hall–Kier alpha value is -1.85. The van der Waals surface area contributed by atoms with E-state index in [9.17, 15) is 15.0 Å². The van der Waals surface area contributed by atoms with E-state index in [1.54, 1.807) is 32.9 Å². The first-order chi connectivity index (χ1) is 10.6. The zero-order valence-corrected chi connectivity index (χ0v) is 14.3. The molecule has 0 saturated heterocycles. The third kappa shape index (κ3) is 6.84. The van der Waals surface area contributed by atoms with Crippen LogP contribution < -0.4 is 5.32 Å². The standard InChI is InChI=1S/C18H27NO4/c1-12(2)13-6-8-14(9-7-13)16(21)15(20)10-11-19-17(22)23-18(3,4)5/h6-9,15-16,20-21H,1,10-11H2,2-5H3,(H,19,22). The van der Waals surface area contributed by atoms with Crippen LogP contribution in [0.25, 0.3) is 5.57 Å². The summed E-state index contributed by atoms with van der Waals surface area (Å²) in [5, 5.41) is 22.7. The minimum Gasteiger partial charge on any atom is -0.444 e. The van der Waals surface area contributed by atoms with Gasteiger partial charge in [0.25, 0.3) is 0 Å². The molecular formula is C18H27NO4. The van der Waals surface area contributed by atoms with Crippen molar-refractivity contribution in [1.29, 1.82) is 0 Å². The molecule has 1 amide bonds. The molecule has 1 rings (SSSR count). The van der Waals surface area contributed by atoms with Crippen molar-refractivity contribution >= 4 is 11.7 Å². The van der Waals surface area contributed by atoms with Gasteiger partial charge in [-0.15, -0.1) is 0 Å². The highest BCUT2D eigenvalue weighted by atomic mass is 16.6. The van der Waals surface area contributed by atoms with Crippen LogP contribution in [0, 0.1) is 0 Å². The van der Waals surface area contributed by atoms with Crippen molar-refractivity contribution in [3.05, 3.63) is 42.0 Å². The number of hydrogen-bond donors (Lipinski definition) is 3. The van der Waals surface area contributed by atoms with Gasteiger partial charge in [0.2, 0.25) is 0 Å². The zero-order valence-electron chi connectivity index (χ0n) is 14.3. The maximum atomic E-state index is 11.5. The number of amides is 1. The maximum absolute atomic E-state index is 11.5. The number of ether oxygens (including phenoxy) is 1. The number of benzene rings is 1. The van der Waals surface area contributed by atoms with E-state index in [0.717, 1.165) is 11.1 Å². The first-order valence-corrected chi connectivity index (χ1v) is 7.69. The highest BCUT2D eigenvalue weighted by molar-refractivity contribution is 5.67. The number of aliphatic hydroxyl groups is 2. The summed E-state index contributed by atoms with van der Waals surface area (Å²) in [4.78, 5) is 11.5. The normalized spacial score (nSPS) is 14.0. The summed E-state index contributed by atoms with van der Waals surface area (Å²) in [6.07, 6.45) is -2.29. The Labute approximate surface area is 138 Å². The predicted octanol–water partition coefficient (Wildman–Crippen LogP) is 3.03. The summed E-state index contributed by atoms with van der Waals surface area (Å²) in [7, 11) is 0. The van der Waals surface area contributed by atoms with Gasteiger partial charge in [0.05, 0.1) is 6.10 Å². The lowest BCUT2D eigenvalue weighted by Gasteiger charge is -2.21. The van der Waals surface area contributed by atoms with Crippen molar-refractivity contribution in [2.75, 3.05) is 6.54 Å². The Morgan fingerprint density at radius 2 is 1.83 bits per heavy atom. The van der Waals surface area contributed by atoms with Gasteiger partial charge in [0.1, 0.15) is 11.7 Å². The molecule has 128 valence electrons. The number of carbonyl (C=O) groups is 1. The van der Waals surface area contributed by atoms with E-state index in [-0.39, 0.29) is 13.0 Å². The zero-order chi connectivity index (χ0) is 17.6. The number of aliphatic hydroxyl groups excluding tert-OH is 2. The number of allylic oxidation sites excluding steroid dienone is 1. The second-order valence-corrected chi connectivity index (χ2v) is 6.63. The molecule has 0 aliphatic rings. The second kappa shape index (κ2) is 8.13. The van der Waals surface area contributed by atoms with Gasteiger partial charge in [0, 0.05) is 6.54 Å². The predicted molar refractivity (Wildman–Crippen MR) is 91.0 cm³/mol. The fourth-order valence-electron chi connectivity index (χ4n) is 1.98. The van der Waals surface area contributed by atoms with Gasteiger partial charge in [-0.05, 0) is 45.2 Å². The number of nitrogens with one attached hydrogen (secondary N) is 1. The van der Waals surface area contributed by atoms with E-state index in [4.69, 9.17) is 4.74 Å². The van der Waals surface area contributed by atoms with E-state index in [0.29, 0.717) is 5.56 Å². The molecule has 0 heterocycles. The lowest BCUT2D eigenvalue weighted by Crippen LogP contribution is -2.34. The summed E-state index contributed by atoms with van der Waals surface area (Å²) in [5.74, 6) is 0. The maximum Gasteiger partial charge on any atom is 0.407 e. The van der Waals surface area contributed by atoms with E-state index in [1.807, 2.05) is 19.1 Å². The summed E-state index contributed by atoms with van der Waals surface area (Å²) in [5.41, 5.74) is 1.99. The lowest BCUT2D eigenvalue weighted by atomic mass is 9.99. The summed E-state index contributed by atoms with van der Waals surface area (Å²) in [6, 6.07) is 7.23. The quantitative estimate of drug-likeness (QED) is 0.752. The second-order valence-electron chi connectivity index (χ2n) is 6.63. The van der Waals surface area contributed by atoms with Crippen LogP contribution in [0.2, 0.25) is 0 Å². The first kappa shape index (κ1) is 19.2. The Morgan fingerprint density at radius 3 is 2.30 bits per heavy atom. The number of hydrogen-bond acceptors (Lipinski definition) is 4. The molecule has 23 heavy (non-hydrogen) atoms. The van der Waals surface area contributed by atoms with Gasteiger partial charge in [-0.2, -0.15) is 0 Å². The van der Waals surface area contributed by atoms with Crippen LogP contribution in [0.15, 0.2) is 30.8 Å². The Bertz CT molecular complexity index is 531. The third-order valence-electron chi connectivity index (χ3n) is 3.22. The SMILES string of the molecule is C=C(C)c1ccc(C(O)C(O)CCNC(=O)OC(C)(C)C)cc1. The minimum absolute atomic E-state index is 0.219. The molecule has 0 spiro atoms. The monoisotopic (exact) mass is 321 g/mol. The molecule has 5 heteroatoms. The van der Waals surface area contributed by atoms with Crippen molar-refractivity contribution < 1.29 is 19.7 Å². The van der Waals surface area contributed by atoms with Gasteiger partial charge in [0.15, 0.2) is 0 Å². The number of alkyl carbamates (subject to hydrolysis) is 1. The van der Waals surface area contributed by atoms with Crippen molar-refractivity contribution in [2.24, 2.45) is 0 Å². The molecule has 3 N–H and O–H groups in total. The van der Waals surface area contributed by atoms with Crippen LogP contribution in [0.4, 0.5) is 4.79 Å². The average Bonchev–Trinajstić information content (AvgIpc) is 2.44. The van der Waals surface area contributed by atoms with Crippen LogP contribution in [0.5, 0.6) is 0 Å². The highest BCUT2D eigenvalue weighted by Crippen LogP contribution is 2.21. The molecule has 5 nitrogen and oxygen atoms in total. The molecule has 0 aliphatic carbocycles. The molecule has 0 radical (unpaired) electrons. The van der Waals surface area contributed by atoms with Crippen molar-refractivity contribution in [3.8, 4) is 0 Å². The van der Waals surface area contributed by atoms with Gasteiger partial charge in [-0.25, -0.2) is 4.79 Å². The molecule has 2 unspecified atom stereocenters. The molecule has 1 aromatic carbocycles. The molecule has 0 aliphatic heterocycles. The van der Waals surface area contributed by atoms with E-state index in [1.165, 1.54) is 0 Å². The van der Waals surface area contributed by atoms with Gasteiger partial charge in [-0.3, -0.25) is 0 Å². The number of carbonyl (C=O) groups excluding carboxylic acids is 1. The van der Waals surface area contributed by atoms with Crippen LogP contribution in [0.1, 0.15) is 51.3 Å². The van der Waals surface area contributed by atoms with Crippen molar-refractivity contribution in [2.45, 2.75) is 51.9 Å². The van der Waals surface area contributed by atoms with Crippen molar-refractivity contribution in [1.82, 2.24) is 5.32 Å². The van der Waals surface area contributed by atoms with Crippen LogP contribution >= 0.6 is 0 Å². The van der Waals surface area contributed by atoms with Crippen LogP contribution in [0.3, 0.4) is 0 Å². The van der Waals surface area contributed by atoms with Crippen LogP contribution in [-0.4, -0.2) is 34.6 Å². The van der Waals surface area contributed by atoms with Gasteiger partial charge < -0.3 is 20.3 Å². The molecule has 0 bridgehead atoms. The Kier molecular flexibility index (Phi) is 6.79. The fourth-order valence-corrected chi connectivity index (χ4v) is 1.98. The summed E-state index contributed by atoms with van der Waals surface area (Å²) < 4.78 is 5.10. The highest BCUT2D eigenvalue weighted by Gasteiger charge is 2.20. The minimum atomic E-state index is -1.00. The molecule has 0 fully saturated rings. The summed E-state index contributed by atoms with van der Waals surface area (Å²) >= 11 is 0. The largest absolute Gasteiger partial charge is 0.444 e. The Balaban J connectivity index is 2.46. The average molecular weight is 321 g/mol. The fraction of sp³-hybridized carbons (Fsp3) is 0.500. The van der Waals surface area contributed by atoms with Crippen LogP contribution in [-0.2, 0) is 4.74 Å². The molecular weight excluding hydrogens is 294 g/mol. The van der Waals surface area contributed by atoms with Crippen molar-refractivity contribution in [3.63, 3.8) is 0 Å². The molecule has 0 aromatic heterocycles. The smallest absolute Gasteiger partial charge is 0.407 e. The van der Waals surface area contributed by atoms with E-state index in [2.05, 4.69) is 11.9 Å². The first-order valence-electron chi connectivity index (χ1n) is 7.69. The molecule has 2 atom stereocenters. The van der Waals surface area contributed by atoms with E-state index < -0.39 is 23.9 Å². The molecule has 1 aromatic rings. The molecule has 0 saturated carbocycles. The number of rotatable bonds is 6. The van der Waals surface area contributed by atoms with E-state index >= 15 is 0 Å². The topological polar surface area (TPSA) is 78.8 Å². The van der Waals surface area contributed by atoms with Gasteiger partial charge >= 0.3 is 6.09 Å². The summed E-state index contributed by atoms with van der Waals surface area (Å²) in [6.45, 7) is 11.3.